The molecule has 0 saturated carbocycles. The summed E-state index contributed by atoms with van der Waals surface area (Å²) in [7, 11) is 0. The fourth-order valence-corrected chi connectivity index (χ4v) is 2.28. The third kappa shape index (κ3) is 2.36. The van der Waals surface area contributed by atoms with Crippen molar-refractivity contribution in [3.8, 4) is 0 Å². The Kier molecular flexibility index (Phi) is 3.52. The van der Waals surface area contributed by atoms with Crippen LogP contribution < -0.4 is 5.32 Å². The monoisotopic (exact) mass is 294 g/mol. The van der Waals surface area contributed by atoms with E-state index in [4.69, 9.17) is 0 Å². The van der Waals surface area contributed by atoms with Crippen molar-refractivity contribution in [3.05, 3.63) is 33.9 Å². The third-order valence-electron chi connectivity index (χ3n) is 2.71. The van der Waals surface area contributed by atoms with Gasteiger partial charge in [-0.15, -0.1) is 0 Å². The number of carbonyl (C=O) groups excluding carboxylic acids is 1. The van der Waals surface area contributed by atoms with E-state index >= 15 is 0 Å². The van der Waals surface area contributed by atoms with Gasteiger partial charge in [0, 0.05) is 27.6 Å². The van der Waals surface area contributed by atoms with Crippen LogP contribution in [0, 0.1) is 6.92 Å². The Morgan fingerprint density at radius 2 is 2.24 bits per heavy atom. The molecule has 17 heavy (non-hydrogen) atoms. The second kappa shape index (κ2) is 4.92. The van der Waals surface area contributed by atoms with Gasteiger partial charge in [0.2, 0.25) is 0 Å². The van der Waals surface area contributed by atoms with E-state index in [1.165, 1.54) is 0 Å². The summed E-state index contributed by atoms with van der Waals surface area (Å²) in [6, 6.07) is 5.91. The molecule has 0 atom stereocenters. The largest absolute Gasteiger partial charge is 0.358 e. The average Bonchev–Trinajstić information content (AvgIpc) is 2.61. The first-order chi connectivity index (χ1) is 8.13. The van der Waals surface area contributed by atoms with Crippen molar-refractivity contribution in [2.24, 2.45) is 0 Å². The number of aromatic amines is 1. The smallest absolute Gasteiger partial charge is 0.253 e. The molecule has 3 nitrogen and oxygen atoms in total. The van der Waals surface area contributed by atoms with E-state index in [9.17, 15) is 4.79 Å². The fourth-order valence-electron chi connectivity index (χ4n) is 1.92. The highest BCUT2D eigenvalue weighted by Gasteiger charge is 2.15. The van der Waals surface area contributed by atoms with Crippen LogP contribution in [-0.4, -0.2) is 17.4 Å². The lowest BCUT2D eigenvalue weighted by atomic mass is 10.1. The van der Waals surface area contributed by atoms with Gasteiger partial charge in [-0.05, 0) is 31.5 Å². The van der Waals surface area contributed by atoms with Crippen molar-refractivity contribution in [1.82, 2.24) is 10.3 Å². The minimum Gasteiger partial charge on any atom is -0.358 e. The molecule has 1 amide bonds. The number of aryl methyl sites for hydroxylation is 1. The van der Waals surface area contributed by atoms with Gasteiger partial charge in [-0.1, -0.05) is 22.9 Å². The zero-order chi connectivity index (χ0) is 12.4. The summed E-state index contributed by atoms with van der Waals surface area (Å²) in [5.41, 5.74) is 2.65. The van der Waals surface area contributed by atoms with Crippen LogP contribution in [0.1, 0.15) is 29.4 Å². The average molecular weight is 295 g/mol. The van der Waals surface area contributed by atoms with Crippen LogP contribution in [0.15, 0.2) is 22.7 Å². The molecule has 0 aliphatic heterocycles. The van der Waals surface area contributed by atoms with E-state index < -0.39 is 0 Å². The van der Waals surface area contributed by atoms with Gasteiger partial charge in [0.15, 0.2) is 0 Å². The molecule has 1 heterocycles. The number of hydrogen-bond donors (Lipinski definition) is 2. The van der Waals surface area contributed by atoms with Crippen molar-refractivity contribution < 1.29 is 4.79 Å². The van der Waals surface area contributed by atoms with Gasteiger partial charge in [-0.2, -0.15) is 0 Å². The summed E-state index contributed by atoms with van der Waals surface area (Å²) in [6.07, 6.45) is 0.941. The molecule has 2 aromatic rings. The van der Waals surface area contributed by atoms with Crippen molar-refractivity contribution >= 4 is 32.7 Å². The molecule has 90 valence electrons. The first kappa shape index (κ1) is 12.2. The van der Waals surface area contributed by atoms with Crippen LogP contribution in [0.3, 0.4) is 0 Å². The number of aromatic nitrogens is 1. The van der Waals surface area contributed by atoms with Crippen molar-refractivity contribution in [2.75, 3.05) is 6.54 Å². The lowest BCUT2D eigenvalue weighted by molar-refractivity contribution is 0.0955. The number of fused-ring (bicyclic) bond motifs is 1. The maximum Gasteiger partial charge on any atom is 0.253 e. The van der Waals surface area contributed by atoms with Gasteiger partial charge in [0.1, 0.15) is 0 Å². The normalized spacial score (nSPS) is 10.8. The quantitative estimate of drug-likeness (QED) is 0.896. The molecule has 4 heteroatoms. The molecule has 2 N–H and O–H groups in total. The number of H-pyrrole nitrogens is 1. The second-order valence-electron chi connectivity index (χ2n) is 4.07. The van der Waals surface area contributed by atoms with E-state index in [1.807, 2.05) is 32.0 Å². The summed E-state index contributed by atoms with van der Waals surface area (Å²) < 4.78 is 0.980. The van der Waals surface area contributed by atoms with Crippen LogP contribution in [0.2, 0.25) is 0 Å². The summed E-state index contributed by atoms with van der Waals surface area (Å²) in [6.45, 7) is 4.67. The highest BCUT2D eigenvalue weighted by molar-refractivity contribution is 9.10. The van der Waals surface area contributed by atoms with Crippen molar-refractivity contribution in [1.29, 1.82) is 0 Å². The Morgan fingerprint density at radius 1 is 1.47 bits per heavy atom. The predicted molar refractivity (Wildman–Crippen MR) is 73.4 cm³/mol. The molecule has 0 bridgehead atoms. The van der Waals surface area contributed by atoms with Gasteiger partial charge < -0.3 is 10.3 Å². The molecule has 0 radical (unpaired) electrons. The fraction of sp³-hybridized carbons (Fsp3) is 0.308. The predicted octanol–water partition coefficient (Wildman–Crippen LogP) is 3.38. The standard InChI is InChI=1S/C13H15BrN2O/c1-3-6-15-13(17)12-8(2)16-11-5-4-9(14)7-10(11)12/h4-5,7,16H,3,6H2,1-2H3,(H,15,17). The second-order valence-corrected chi connectivity index (χ2v) is 4.99. The molecule has 1 aromatic carbocycles. The Morgan fingerprint density at radius 3 is 2.94 bits per heavy atom. The van der Waals surface area contributed by atoms with Crippen LogP contribution in [0.5, 0.6) is 0 Å². The van der Waals surface area contributed by atoms with Gasteiger partial charge >= 0.3 is 0 Å². The van der Waals surface area contributed by atoms with E-state index in [0.717, 1.165) is 33.1 Å². The number of carbonyl (C=O) groups is 1. The van der Waals surface area contributed by atoms with Crippen LogP contribution in [0.25, 0.3) is 10.9 Å². The summed E-state index contributed by atoms with van der Waals surface area (Å²) >= 11 is 3.43. The maximum atomic E-state index is 12.1. The van der Waals surface area contributed by atoms with Gasteiger partial charge in [-0.3, -0.25) is 4.79 Å². The number of hydrogen-bond acceptors (Lipinski definition) is 1. The van der Waals surface area contributed by atoms with Crippen LogP contribution >= 0.6 is 15.9 Å². The van der Waals surface area contributed by atoms with E-state index in [-0.39, 0.29) is 5.91 Å². The Balaban J connectivity index is 2.48. The maximum absolute atomic E-state index is 12.1. The first-order valence-corrected chi connectivity index (χ1v) is 6.48. The van der Waals surface area contributed by atoms with E-state index in [1.54, 1.807) is 0 Å². The molecular weight excluding hydrogens is 280 g/mol. The molecule has 0 aliphatic rings. The Bertz CT molecular complexity index is 560. The zero-order valence-electron chi connectivity index (χ0n) is 9.93. The summed E-state index contributed by atoms with van der Waals surface area (Å²) in [5, 5.41) is 3.88. The molecule has 0 spiro atoms. The summed E-state index contributed by atoms with van der Waals surface area (Å²) in [4.78, 5) is 15.3. The molecular formula is C13H15BrN2O. The van der Waals surface area contributed by atoms with Gasteiger partial charge in [-0.25, -0.2) is 0 Å². The number of benzene rings is 1. The van der Waals surface area contributed by atoms with Crippen LogP contribution in [-0.2, 0) is 0 Å². The SMILES string of the molecule is CCCNC(=O)c1c(C)[nH]c2ccc(Br)cc12. The Hall–Kier alpha value is -1.29. The minimum atomic E-state index is -0.00583. The topological polar surface area (TPSA) is 44.9 Å². The first-order valence-electron chi connectivity index (χ1n) is 5.69. The molecule has 0 fully saturated rings. The van der Waals surface area contributed by atoms with Gasteiger partial charge in [0.25, 0.3) is 5.91 Å². The number of halogens is 1. The highest BCUT2D eigenvalue weighted by atomic mass is 79.9. The van der Waals surface area contributed by atoms with E-state index in [0.29, 0.717) is 6.54 Å². The molecule has 0 unspecified atom stereocenters. The lowest BCUT2D eigenvalue weighted by Gasteiger charge is -2.03. The number of nitrogens with one attached hydrogen (secondary N) is 2. The van der Waals surface area contributed by atoms with Crippen molar-refractivity contribution in [3.63, 3.8) is 0 Å². The molecule has 1 aromatic heterocycles. The third-order valence-corrected chi connectivity index (χ3v) is 3.20. The molecule has 2 rings (SSSR count). The lowest BCUT2D eigenvalue weighted by Crippen LogP contribution is -2.24. The Labute approximate surface area is 109 Å². The minimum absolute atomic E-state index is 0.00583. The highest BCUT2D eigenvalue weighted by Crippen LogP contribution is 2.25. The van der Waals surface area contributed by atoms with Crippen molar-refractivity contribution in [2.45, 2.75) is 20.3 Å². The molecule has 0 saturated heterocycles. The van der Waals surface area contributed by atoms with Crippen LogP contribution in [0.4, 0.5) is 0 Å². The summed E-state index contributed by atoms with van der Waals surface area (Å²) in [5.74, 6) is -0.00583. The van der Waals surface area contributed by atoms with Gasteiger partial charge in [0.05, 0.1) is 5.56 Å². The molecule has 0 aliphatic carbocycles. The number of amides is 1. The number of rotatable bonds is 3. The zero-order valence-corrected chi connectivity index (χ0v) is 11.5. The van der Waals surface area contributed by atoms with E-state index in [2.05, 4.69) is 26.2 Å².